The first-order chi connectivity index (χ1) is 31.2. The van der Waals surface area contributed by atoms with Gasteiger partial charge in [0.25, 0.3) is 0 Å². The van der Waals surface area contributed by atoms with E-state index >= 15 is 0 Å². The maximum atomic E-state index is 6.54. The summed E-state index contributed by atoms with van der Waals surface area (Å²) in [5.74, 6) is 0. The van der Waals surface area contributed by atoms with Crippen LogP contribution in [0.2, 0.25) is 0 Å². The summed E-state index contributed by atoms with van der Waals surface area (Å²) < 4.78 is 13.1. The van der Waals surface area contributed by atoms with Crippen LogP contribution >= 0.6 is 0 Å². The Morgan fingerprint density at radius 3 is 1.45 bits per heavy atom. The van der Waals surface area contributed by atoms with Crippen molar-refractivity contribution >= 4 is 78.0 Å². The molecule has 2 aromatic heterocycles. The van der Waals surface area contributed by atoms with E-state index in [9.17, 15) is 0 Å². The van der Waals surface area contributed by atoms with Gasteiger partial charge in [0.05, 0.1) is 11.1 Å². The van der Waals surface area contributed by atoms with Crippen LogP contribution in [0.15, 0.2) is 203 Å². The molecule has 306 valence electrons. The van der Waals surface area contributed by atoms with E-state index in [0.29, 0.717) is 0 Å². The van der Waals surface area contributed by atoms with Crippen LogP contribution in [0.4, 0.5) is 34.1 Å². The van der Waals surface area contributed by atoms with Crippen molar-refractivity contribution in [2.45, 2.75) is 38.5 Å². The average Bonchev–Trinajstić information content (AvgIpc) is 4.02. The number of furan rings is 2. The summed E-state index contributed by atoms with van der Waals surface area (Å²) in [6, 6.07) is 70.5. The van der Waals surface area contributed by atoms with Crippen molar-refractivity contribution in [2.24, 2.45) is 0 Å². The van der Waals surface area contributed by atoms with Crippen molar-refractivity contribution in [2.75, 3.05) is 9.80 Å². The molecule has 0 atom stereocenters. The molecular weight excluding hydrogens is 781 g/mol. The first kappa shape index (κ1) is 36.8. The highest BCUT2D eigenvalue weighted by atomic mass is 16.3. The van der Waals surface area contributed by atoms with Crippen molar-refractivity contribution in [1.29, 1.82) is 0 Å². The number of nitrogens with zero attached hydrogens (tertiary/aromatic N) is 2. The molecule has 4 heteroatoms. The molecule has 11 aromatic rings. The maximum Gasteiger partial charge on any atom is 0.137 e. The molecule has 9 aromatic carbocycles. The highest BCUT2D eigenvalue weighted by molar-refractivity contribution is 6.13. The Bertz CT molecular complexity index is 3710. The Kier molecular flexibility index (Phi) is 7.67. The molecule has 13 rings (SSSR count). The van der Waals surface area contributed by atoms with Crippen molar-refractivity contribution < 1.29 is 8.83 Å². The number of rotatable bonds is 6. The van der Waals surface area contributed by atoms with E-state index < -0.39 is 0 Å². The van der Waals surface area contributed by atoms with Gasteiger partial charge in [0, 0.05) is 61.5 Å². The normalized spacial score (nSPS) is 14.2. The van der Waals surface area contributed by atoms with Gasteiger partial charge in [-0.15, -0.1) is 0 Å². The van der Waals surface area contributed by atoms with Gasteiger partial charge in [-0.1, -0.05) is 137 Å². The van der Waals surface area contributed by atoms with E-state index in [2.05, 4.69) is 213 Å². The molecule has 0 amide bonds. The number of benzene rings is 9. The zero-order valence-electron chi connectivity index (χ0n) is 36.2. The van der Waals surface area contributed by atoms with Crippen LogP contribution < -0.4 is 9.80 Å². The van der Waals surface area contributed by atoms with Gasteiger partial charge in [0.15, 0.2) is 0 Å². The smallest absolute Gasteiger partial charge is 0.137 e. The van der Waals surface area contributed by atoms with Gasteiger partial charge in [-0.3, -0.25) is 0 Å². The number of anilines is 6. The van der Waals surface area contributed by atoms with E-state index in [1.54, 1.807) is 0 Å². The van der Waals surface area contributed by atoms with Crippen LogP contribution in [0, 0.1) is 0 Å². The first-order valence-corrected chi connectivity index (χ1v) is 22.2. The van der Waals surface area contributed by atoms with Gasteiger partial charge in [-0.2, -0.15) is 0 Å². The summed E-state index contributed by atoms with van der Waals surface area (Å²) in [4.78, 5) is 4.82. The van der Waals surface area contributed by atoms with Gasteiger partial charge in [-0.25, -0.2) is 0 Å². The lowest BCUT2D eigenvalue weighted by molar-refractivity contribution is 0.660. The molecule has 0 saturated carbocycles. The summed E-state index contributed by atoms with van der Waals surface area (Å²) in [6.45, 7) is 9.40. The van der Waals surface area contributed by atoms with E-state index in [-0.39, 0.29) is 10.8 Å². The molecule has 0 unspecified atom stereocenters. The minimum Gasteiger partial charge on any atom is -0.456 e. The van der Waals surface area contributed by atoms with Gasteiger partial charge in [-0.05, 0) is 123 Å². The number of hydrogen-bond donors (Lipinski definition) is 0. The third-order valence-corrected chi connectivity index (χ3v) is 14.2. The Labute approximate surface area is 372 Å². The molecule has 0 spiro atoms. The number of para-hydroxylation sites is 2. The number of fused-ring (bicyclic) bond motifs is 12. The fourth-order valence-electron chi connectivity index (χ4n) is 11.1. The molecule has 2 aliphatic rings. The van der Waals surface area contributed by atoms with E-state index in [0.717, 1.165) is 78.0 Å². The summed E-state index contributed by atoms with van der Waals surface area (Å²) in [5, 5.41) is 4.39. The Morgan fingerprint density at radius 2 is 0.766 bits per heavy atom. The second-order valence-corrected chi connectivity index (χ2v) is 18.5. The number of hydrogen-bond acceptors (Lipinski definition) is 4. The Balaban J connectivity index is 1.04. The second-order valence-electron chi connectivity index (χ2n) is 18.5. The van der Waals surface area contributed by atoms with Crippen LogP contribution in [0.25, 0.3) is 66.1 Å². The Morgan fingerprint density at radius 1 is 0.312 bits per heavy atom. The van der Waals surface area contributed by atoms with Crippen molar-refractivity contribution in [3.63, 3.8) is 0 Å². The molecule has 2 heterocycles. The molecule has 0 fully saturated rings. The van der Waals surface area contributed by atoms with E-state index in [1.165, 1.54) is 44.5 Å². The molecule has 0 radical (unpaired) electrons. The van der Waals surface area contributed by atoms with Crippen molar-refractivity contribution in [3.8, 4) is 22.3 Å². The van der Waals surface area contributed by atoms with Crippen molar-refractivity contribution in [3.05, 3.63) is 216 Å². The lowest BCUT2D eigenvalue weighted by Gasteiger charge is -2.31. The van der Waals surface area contributed by atoms with Crippen LogP contribution in [0.5, 0.6) is 0 Å². The summed E-state index contributed by atoms with van der Waals surface area (Å²) in [7, 11) is 0. The molecule has 0 bridgehead atoms. The van der Waals surface area contributed by atoms with Gasteiger partial charge in [0.2, 0.25) is 0 Å². The summed E-state index contributed by atoms with van der Waals surface area (Å²) >= 11 is 0. The zero-order valence-corrected chi connectivity index (χ0v) is 36.2. The zero-order chi connectivity index (χ0) is 42.9. The molecule has 4 nitrogen and oxygen atoms in total. The molecule has 0 N–H and O–H groups in total. The lowest BCUT2D eigenvalue weighted by Crippen LogP contribution is -2.17. The predicted octanol–water partition coefficient (Wildman–Crippen LogP) is 17.0. The maximum absolute atomic E-state index is 6.54. The molecular formula is C60H44N2O2. The SMILES string of the molecule is CC1(C)c2ccccc2-c2ccc(N(c3cccc(N(c4ccc5c(c4)C(C)(C)c4ccccc4-5)c4cccc5oc6ccccc6c45)c3)c3ccc4c(c3)oc3ccccc34)cc21. The first-order valence-electron chi connectivity index (χ1n) is 22.2. The second kappa shape index (κ2) is 13.3. The van der Waals surface area contributed by atoms with Crippen LogP contribution in [-0.2, 0) is 10.8 Å². The van der Waals surface area contributed by atoms with Crippen molar-refractivity contribution in [1.82, 2.24) is 0 Å². The highest BCUT2D eigenvalue weighted by Crippen LogP contribution is 2.54. The van der Waals surface area contributed by atoms with Crippen LogP contribution in [0.3, 0.4) is 0 Å². The summed E-state index contributed by atoms with van der Waals surface area (Å²) in [5.41, 5.74) is 20.0. The largest absolute Gasteiger partial charge is 0.456 e. The third-order valence-electron chi connectivity index (χ3n) is 14.2. The fraction of sp³-hybridized carbons (Fsp3) is 0.100. The lowest BCUT2D eigenvalue weighted by atomic mass is 9.82. The monoisotopic (exact) mass is 824 g/mol. The summed E-state index contributed by atoms with van der Waals surface area (Å²) in [6.07, 6.45) is 0. The predicted molar refractivity (Wildman–Crippen MR) is 265 cm³/mol. The van der Waals surface area contributed by atoms with E-state index in [1.807, 2.05) is 18.2 Å². The van der Waals surface area contributed by atoms with Crippen LogP contribution in [0.1, 0.15) is 49.9 Å². The Hall–Kier alpha value is -7.82. The fourth-order valence-corrected chi connectivity index (χ4v) is 11.1. The highest BCUT2D eigenvalue weighted by Gasteiger charge is 2.37. The van der Waals surface area contributed by atoms with Gasteiger partial charge >= 0.3 is 0 Å². The molecule has 64 heavy (non-hydrogen) atoms. The molecule has 0 saturated heterocycles. The third kappa shape index (κ3) is 5.23. The molecule has 0 aliphatic heterocycles. The minimum absolute atomic E-state index is 0.165. The van der Waals surface area contributed by atoms with E-state index in [4.69, 9.17) is 8.83 Å². The van der Waals surface area contributed by atoms with Gasteiger partial charge < -0.3 is 18.6 Å². The molecule has 2 aliphatic carbocycles. The average molecular weight is 825 g/mol. The minimum atomic E-state index is -0.170. The topological polar surface area (TPSA) is 32.8 Å². The quantitative estimate of drug-likeness (QED) is 0.167. The van der Waals surface area contributed by atoms with Gasteiger partial charge in [0.1, 0.15) is 22.3 Å². The standard InChI is InChI=1S/C60H44N2O2/c1-59(2)49-21-9-5-17-42(49)44-30-27-39(34-51(44)59)61(41-29-32-47-46-19-7-11-24-54(46)64-57(47)36-41)37-15-13-16-38(33-37)62(53-23-14-26-56-58(53)48-20-8-12-25-55(48)63-56)40-28-31-45-43-18-6-10-22-50(43)60(3,4)52(45)35-40/h5-36H,1-4H3. The van der Waals surface area contributed by atoms with Crippen LogP contribution in [-0.4, -0.2) is 0 Å².